The standard InChI is InChI=1S/C10H7ClN2O4S/c1-2-5-12-10-7(6-18(12,16)17)9(13(14)15)4-3-8(10)11/h1,3-4H,5-6H2. The Morgan fingerprint density at radius 3 is 2.78 bits per heavy atom. The number of sulfonamides is 1. The molecule has 0 bridgehead atoms. The van der Waals surface area contributed by atoms with Crippen LogP contribution in [0.5, 0.6) is 0 Å². The van der Waals surface area contributed by atoms with Gasteiger partial charge in [0.2, 0.25) is 10.0 Å². The van der Waals surface area contributed by atoms with Gasteiger partial charge in [-0.05, 0) is 6.07 Å². The second-order valence-electron chi connectivity index (χ2n) is 3.62. The van der Waals surface area contributed by atoms with Crippen LogP contribution in [0, 0.1) is 22.5 Å². The van der Waals surface area contributed by atoms with E-state index in [1.54, 1.807) is 0 Å². The van der Waals surface area contributed by atoms with Gasteiger partial charge in [0.05, 0.1) is 27.7 Å². The molecule has 0 spiro atoms. The molecule has 0 aromatic heterocycles. The summed E-state index contributed by atoms with van der Waals surface area (Å²) in [6, 6.07) is 2.49. The van der Waals surface area contributed by atoms with E-state index in [0.29, 0.717) is 0 Å². The molecule has 94 valence electrons. The van der Waals surface area contributed by atoms with Gasteiger partial charge in [0.1, 0.15) is 5.75 Å². The maximum absolute atomic E-state index is 11.9. The fraction of sp³-hybridized carbons (Fsp3) is 0.200. The molecule has 0 radical (unpaired) electrons. The molecular weight excluding hydrogens is 280 g/mol. The van der Waals surface area contributed by atoms with Crippen LogP contribution in [0.3, 0.4) is 0 Å². The Labute approximate surface area is 108 Å². The van der Waals surface area contributed by atoms with Crippen molar-refractivity contribution in [2.45, 2.75) is 5.75 Å². The number of terminal acetylenes is 1. The molecule has 18 heavy (non-hydrogen) atoms. The Hall–Kier alpha value is -1.78. The van der Waals surface area contributed by atoms with Crippen LogP contribution in [-0.4, -0.2) is 19.9 Å². The molecule has 1 heterocycles. The quantitative estimate of drug-likeness (QED) is 0.469. The number of nitrogens with zero attached hydrogens (tertiary/aromatic N) is 2. The molecule has 2 rings (SSSR count). The van der Waals surface area contributed by atoms with Crippen LogP contribution in [-0.2, 0) is 15.8 Å². The van der Waals surface area contributed by atoms with Gasteiger partial charge >= 0.3 is 0 Å². The van der Waals surface area contributed by atoms with E-state index in [0.717, 1.165) is 4.31 Å². The predicted molar refractivity (Wildman–Crippen MR) is 66.9 cm³/mol. The van der Waals surface area contributed by atoms with Crippen LogP contribution >= 0.6 is 11.6 Å². The topological polar surface area (TPSA) is 80.5 Å². The Morgan fingerprint density at radius 2 is 2.22 bits per heavy atom. The van der Waals surface area contributed by atoms with Gasteiger partial charge in [-0.15, -0.1) is 6.42 Å². The molecule has 6 nitrogen and oxygen atoms in total. The number of halogens is 1. The van der Waals surface area contributed by atoms with Gasteiger partial charge in [-0.3, -0.25) is 14.4 Å². The molecule has 0 N–H and O–H groups in total. The highest BCUT2D eigenvalue weighted by molar-refractivity contribution is 7.92. The fourth-order valence-electron chi connectivity index (χ4n) is 1.84. The first-order valence-corrected chi connectivity index (χ1v) is 6.77. The molecule has 0 aliphatic carbocycles. The number of anilines is 1. The highest BCUT2D eigenvalue weighted by Crippen LogP contribution is 2.43. The zero-order valence-electron chi connectivity index (χ0n) is 8.96. The average Bonchev–Trinajstić information content (AvgIpc) is 2.52. The van der Waals surface area contributed by atoms with E-state index in [1.165, 1.54) is 12.1 Å². The normalized spacial score (nSPS) is 16.1. The number of rotatable bonds is 2. The van der Waals surface area contributed by atoms with Crippen LogP contribution in [0.1, 0.15) is 5.56 Å². The first kappa shape index (κ1) is 12.7. The summed E-state index contributed by atoms with van der Waals surface area (Å²) in [5, 5.41) is 11.0. The average molecular weight is 287 g/mol. The van der Waals surface area contributed by atoms with Crippen molar-refractivity contribution in [1.82, 2.24) is 0 Å². The van der Waals surface area contributed by atoms with E-state index in [9.17, 15) is 18.5 Å². The molecule has 0 fully saturated rings. The van der Waals surface area contributed by atoms with Gasteiger partial charge in [-0.25, -0.2) is 8.42 Å². The number of fused-ring (bicyclic) bond motifs is 1. The maximum atomic E-state index is 11.9. The predicted octanol–water partition coefficient (Wildman–Crippen LogP) is 1.53. The van der Waals surface area contributed by atoms with Crippen molar-refractivity contribution in [3.8, 4) is 12.3 Å². The molecule has 1 aliphatic heterocycles. The lowest BCUT2D eigenvalue weighted by Gasteiger charge is -2.15. The first-order chi connectivity index (χ1) is 8.38. The summed E-state index contributed by atoms with van der Waals surface area (Å²) in [5.74, 6) is 1.74. The Balaban J connectivity index is 2.73. The monoisotopic (exact) mass is 286 g/mol. The van der Waals surface area contributed by atoms with Crippen LogP contribution in [0.25, 0.3) is 0 Å². The Morgan fingerprint density at radius 1 is 1.56 bits per heavy atom. The van der Waals surface area contributed by atoms with Gasteiger partial charge in [0.25, 0.3) is 5.69 Å². The van der Waals surface area contributed by atoms with E-state index in [2.05, 4.69) is 5.92 Å². The largest absolute Gasteiger partial charge is 0.275 e. The molecular formula is C10H7ClN2O4S. The van der Waals surface area contributed by atoms with E-state index in [4.69, 9.17) is 18.0 Å². The zero-order valence-corrected chi connectivity index (χ0v) is 10.5. The summed E-state index contributed by atoms with van der Waals surface area (Å²) in [6.07, 6.45) is 5.10. The van der Waals surface area contributed by atoms with Crippen molar-refractivity contribution in [3.63, 3.8) is 0 Å². The summed E-state index contributed by atoms with van der Waals surface area (Å²) < 4.78 is 24.7. The lowest BCUT2D eigenvalue weighted by Crippen LogP contribution is -2.27. The van der Waals surface area contributed by atoms with E-state index in [1.807, 2.05) is 0 Å². The Kier molecular flexibility index (Phi) is 2.92. The van der Waals surface area contributed by atoms with Gasteiger partial charge in [-0.2, -0.15) is 0 Å². The minimum absolute atomic E-state index is 0.0859. The van der Waals surface area contributed by atoms with Gasteiger partial charge in [0, 0.05) is 6.07 Å². The van der Waals surface area contributed by atoms with Gasteiger partial charge < -0.3 is 0 Å². The number of hydrogen-bond acceptors (Lipinski definition) is 4. The van der Waals surface area contributed by atoms with Crippen molar-refractivity contribution in [3.05, 3.63) is 32.8 Å². The van der Waals surface area contributed by atoms with Crippen molar-refractivity contribution in [1.29, 1.82) is 0 Å². The summed E-state index contributed by atoms with van der Waals surface area (Å²) >= 11 is 5.91. The molecule has 0 saturated heterocycles. The van der Waals surface area contributed by atoms with Crippen LogP contribution in [0.15, 0.2) is 12.1 Å². The third kappa shape index (κ3) is 1.79. The number of benzene rings is 1. The zero-order chi connectivity index (χ0) is 13.5. The molecule has 0 atom stereocenters. The lowest BCUT2D eigenvalue weighted by atomic mass is 10.1. The summed E-state index contributed by atoms with van der Waals surface area (Å²) in [4.78, 5) is 10.2. The number of nitro benzene ring substituents is 1. The van der Waals surface area contributed by atoms with Crippen LogP contribution in [0.4, 0.5) is 11.4 Å². The fourth-order valence-corrected chi connectivity index (χ4v) is 3.73. The third-order valence-electron chi connectivity index (χ3n) is 2.55. The highest BCUT2D eigenvalue weighted by atomic mass is 35.5. The molecule has 1 aromatic carbocycles. The third-order valence-corrected chi connectivity index (χ3v) is 4.49. The SMILES string of the molecule is C#CCN1c2c(Cl)ccc([N+](=O)[O-])c2CS1(=O)=O. The number of hydrogen-bond donors (Lipinski definition) is 0. The smallest absolute Gasteiger partial charge is 0.258 e. The number of nitro groups is 1. The minimum Gasteiger partial charge on any atom is -0.258 e. The lowest BCUT2D eigenvalue weighted by molar-refractivity contribution is -0.385. The Bertz CT molecular complexity index is 678. The molecule has 0 unspecified atom stereocenters. The van der Waals surface area contributed by atoms with Gasteiger partial charge in [0.15, 0.2) is 0 Å². The summed E-state index contributed by atoms with van der Waals surface area (Å²) in [6.45, 7) is -0.198. The summed E-state index contributed by atoms with van der Waals surface area (Å²) in [7, 11) is -3.68. The molecule has 0 amide bonds. The van der Waals surface area contributed by atoms with Crippen molar-refractivity contribution >= 4 is 33.0 Å². The molecule has 1 aromatic rings. The van der Waals surface area contributed by atoms with Crippen molar-refractivity contribution < 1.29 is 13.3 Å². The first-order valence-electron chi connectivity index (χ1n) is 4.78. The van der Waals surface area contributed by atoms with Crippen molar-refractivity contribution in [2.24, 2.45) is 0 Å². The van der Waals surface area contributed by atoms with Crippen molar-refractivity contribution in [2.75, 3.05) is 10.8 Å². The summed E-state index contributed by atoms with van der Waals surface area (Å²) in [5.41, 5.74) is -0.0657. The van der Waals surface area contributed by atoms with Gasteiger partial charge in [-0.1, -0.05) is 17.5 Å². The molecule has 8 heteroatoms. The second-order valence-corrected chi connectivity index (χ2v) is 5.92. The van der Waals surface area contributed by atoms with E-state index in [-0.39, 0.29) is 28.5 Å². The van der Waals surface area contributed by atoms with E-state index >= 15 is 0 Å². The van der Waals surface area contributed by atoms with E-state index < -0.39 is 20.7 Å². The minimum atomic E-state index is -3.68. The second kappa shape index (κ2) is 4.15. The molecule has 1 aliphatic rings. The van der Waals surface area contributed by atoms with Crippen LogP contribution < -0.4 is 4.31 Å². The highest BCUT2D eigenvalue weighted by Gasteiger charge is 2.39. The molecule has 0 saturated carbocycles. The maximum Gasteiger partial charge on any atom is 0.275 e. The van der Waals surface area contributed by atoms with Crippen LogP contribution in [0.2, 0.25) is 5.02 Å².